The molecule has 0 amide bonds. The first-order valence-electron chi connectivity index (χ1n) is 5.10. The molecule has 0 aliphatic heterocycles. The van der Waals surface area contributed by atoms with Crippen LogP contribution < -0.4 is 0 Å². The highest BCUT2D eigenvalue weighted by molar-refractivity contribution is 5.41. The van der Waals surface area contributed by atoms with Crippen LogP contribution in [0.1, 0.15) is 32.1 Å². The van der Waals surface area contributed by atoms with E-state index in [-0.39, 0.29) is 0 Å². The fraction of sp³-hybridized carbons (Fsp3) is 0.385. The third kappa shape index (κ3) is 2.21. The topological polar surface area (TPSA) is 0 Å². The van der Waals surface area contributed by atoms with E-state index in [2.05, 4.69) is 36.5 Å². The predicted molar refractivity (Wildman–Crippen MR) is 56.2 cm³/mol. The van der Waals surface area contributed by atoms with Crippen LogP contribution in [0.4, 0.5) is 0 Å². The van der Waals surface area contributed by atoms with Gasteiger partial charge in [-0.25, -0.2) is 0 Å². The van der Waals surface area contributed by atoms with E-state index in [1.54, 1.807) is 0 Å². The third-order valence-corrected chi connectivity index (χ3v) is 2.51. The summed E-state index contributed by atoms with van der Waals surface area (Å²) in [4.78, 5) is 0. The highest BCUT2D eigenvalue weighted by atomic mass is 14.1. The maximum absolute atomic E-state index is 3.48. The normalized spacial score (nSPS) is 22.2. The summed E-state index contributed by atoms with van der Waals surface area (Å²) in [5, 5.41) is 0. The van der Waals surface area contributed by atoms with E-state index >= 15 is 0 Å². The molecule has 13 heavy (non-hydrogen) atoms. The van der Waals surface area contributed by atoms with Gasteiger partial charge in [-0.1, -0.05) is 30.4 Å². The van der Waals surface area contributed by atoms with Gasteiger partial charge in [0.1, 0.15) is 0 Å². The van der Waals surface area contributed by atoms with Gasteiger partial charge >= 0.3 is 0 Å². The highest BCUT2D eigenvalue weighted by Gasteiger charge is 2.04. The van der Waals surface area contributed by atoms with Crippen LogP contribution in [0.5, 0.6) is 0 Å². The molecule has 67 valence electrons. The van der Waals surface area contributed by atoms with Crippen LogP contribution in [0.15, 0.2) is 41.5 Å². The summed E-state index contributed by atoms with van der Waals surface area (Å²) in [6.07, 6.45) is 20.5. The molecule has 0 saturated carbocycles. The summed E-state index contributed by atoms with van der Waals surface area (Å²) in [5.74, 6) is 0. The maximum Gasteiger partial charge on any atom is -0.0193 e. The predicted octanol–water partition coefficient (Wildman–Crippen LogP) is 3.73. The highest BCUT2D eigenvalue weighted by Crippen LogP contribution is 2.23. The zero-order valence-electron chi connectivity index (χ0n) is 7.92. The fourth-order valence-electron chi connectivity index (χ4n) is 1.75. The molecule has 2 rings (SSSR count). The molecule has 0 atom stereocenters. The van der Waals surface area contributed by atoms with Crippen LogP contribution in [0.25, 0.3) is 0 Å². The van der Waals surface area contributed by atoms with E-state index < -0.39 is 0 Å². The summed E-state index contributed by atoms with van der Waals surface area (Å²) in [6, 6.07) is 0. The van der Waals surface area contributed by atoms with Crippen molar-refractivity contribution in [3.05, 3.63) is 47.6 Å². The summed E-state index contributed by atoms with van der Waals surface area (Å²) in [7, 11) is 0. The number of allylic oxidation sites excluding steroid dienone is 8. The van der Waals surface area contributed by atoms with Crippen molar-refractivity contribution in [3.63, 3.8) is 0 Å². The van der Waals surface area contributed by atoms with Crippen LogP contribution >= 0.6 is 0 Å². The zero-order chi connectivity index (χ0) is 8.93. The molecule has 2 aliphatic rings. The monoisotopic (exact) mass is 171 g/mol. The molecule has 0 aromatic heterocycles. The minimum absolute atomic E-state index is 1.11. The number of rotatable bonds is 1. The van der Waals surface area contributed by atoms with Gasteiger partial charge in [-0.3, -0.25) is 0 Å². The van der Waals surface area contributed by atoms with E-state index in [1.165, 1.54) is 36.8 Å². The molecule has 0 unspecified atom stereocenters. The average molecular weight is 171 g/mol. The van der Waals surface area contributed by atoms with Gasteiger partial charge < -0.3 is 0 Å². The van der Waals surface area contributed by atoms with Gasteiger partial charge in [0.2, 0.25) is 0 Å². The molecular formula is C13H15. The summed E-state index contributed by atoms with van der Waals surface area (Å²) in [5.41, 5.74) is 2.79. The Labute approximate surface area is 80.3 Å². The van der Waals surface area contributed by atoms with Crippen molar-refractivity contribution in [1.82, 2.24) is 0 Å². The Morgan fingerprint density at radius 1 is 1.15 bits per heavy atom. The van der Waals surface area contributed by atoms with E-state index in [9.17, 15) is 0 Å². The van der Waals surface area contributed by atoms with Crippen LogP contribution in [0, 0.1) is 6.08 Å². The lowest BCUT2D eigenvalue weighted by atomic mass is 9.97. The lowest BCUT2D eigenvalue weighted by Gasteiger charge is -2.08. The second kappa shape index (κ2) is 4.27. The van der Waals surface area contributed by atoms with Crippen LogP contribution in [0.2, 0.25) is 0 Å². The largest absolute Gasteiger partial charge is 0.0842 e. The molecule has 1 radical (unpaired) electrons. The van der Waals surface area contributed by atoms with Crippen LogP contribution in [0.3, 0.4) is 0 Å². The lowest BCUT2D eigenvalue weighted by molar-refractivity contribution is 0.859. The average Bonchev–Trinajstić information content (AvgIpc) is 2.47. The first-order valence-corrected chi connectivity index (χ1v) is 5.10. The molecule has 0 aromatic rings. The van der Waals surface area contributed by atoms with Gasteiger partial charge in [0.25, 0.3) is 0 Å². The van der Waals surface area contributed by atoms with Crippen molar-refractivity contribution >= 4 is 0 Å². The van der Waals surface area contributed by atoms with Crippen molar-refractivity contribution < 1.29 is 0 Å². The molecule has 0 heteroatoms. The molecule has 0 nitrogen and oxygen atoms in total. The molecule has 2 aliphatic carbocycles. The van der Waals surface area contributed by atoms with Crippen molar-refractivity contribution in [2.45, 2.75) is 32.1 Å². The third-order valence-electron chi connectivity index (χ3n) is 2.51. The summed E-state index contributed by atoms with van der Waals surface area (Å²) >= 11 is 0. The molecular weight excluding hydrogens is 156 g/mol. The summed E-state index contributed by atoms with van der Waals surface area (Å²) in [6.45, 7) is 0. The first-order chi connectivity index (χ1) is 6.47. The van der Waals surface area contributed by atoms with Gasteiger partial charge in [-0.05, 0) is 49.3 Å². The van der Waals surface area contributed by atoms with Gasteiger partial charge in [0, 0.05) is 0 Å². The molecule has 0 aromatic carbocycles. The standard InChI is InChI=1S/C13H15/c1-2-5-9-12(8-4-1)13-10-6-3-7-11-13/h3-4,6,8,10H,1-2,5,7,11H2. The Balaban J connectivity index is 2.17. The van der Waals surface area contributed by atoms with Gasteiger partial charge in [0.05, 0.1) is 0 Å². The first kappa shape index (κ1) is 8.55. The molecule has 0 heterocycles. The Hall–Kier alpha value is -1.04. The van der Waals surface area contributed by atoms with Crippen LogP contribution in [-0.2, 0) is 0 Å². The Bertz CT molecular complexity index is 287. The maximum atomic E-state index is 3.48. The van der Waals surface area contributed by atoms with Crippen molar-refractivity contribution in [3.8, 4) is 0 Å². The van der Waals surface area contributed by atoms with Crippen molar-refractivity contribution in [2.24, 2.45) is 0 Å². The molecule has 0 fully saturated rings. The minimum atomic E-state index is 1.11. The van der Waals surface area contributed by atoms with Gasteiger partial charge in [-0.2, -0.15) is 0 Å². The van der Waals surface area contributed by atoms with E-state index in [0.717, 1.165) is 6.42 Å². The smallest absolute Gasteiger partial charge is 0.0193 e. The van der Waals surface area contributed by atoms with Crippen molar-refractivity contribution in [1.29, 1.82) is 0 Å². The molecule has 0 spiro atoms. The van der Waals surface area contributed by atoms with E-state index in [4.69, 9.17) is 0 Å². The Kier molecular flexibility index (Phi) is 2.81. The van der Waals surface area contributed by atoms with Gasteiger partial charge in [-0.15, -0.1) is 0 Å². The SMILES string of the molecule is [C]1=C(C2=CC=CCC2)C=CCCC1. The molecule has 0 N–H and O–H groups in total. The second-order valence-corrected chi connectivity index (χ2v) is 3.54. The van der Waals surface area contributed by atoms with E-state index in [0.29, 0.717) is 0 Å². The van der Waals surface area contributed by atoms with Crippen molar-refractivity contribution in [2.75, 3.05) is 0 Å². The quantitative estimate of drug-likeness (QED) is 0.564. The molecule has 0 bridgehead atoms. The summed E-state index contributed by atoms with van der Waals surface area (Å²) < 4.78 is 0. The Morgan fingerprint density at radius 3 is 3.00 bits per heavy atom. The Morgan fingerprint density at radius 2 is 2.15 bits per heavy atom. The fourth-order valence-corrected chi connectivity index (χ4v) is 1.75. The zero-order valence-corrected chi connectivity index (χ0v) is 7.92. The number of hydrogen-bond acceptors (Lipinski definition) is 0. The number of hydrogen-bond donors (Lipinski definition) is 0. The van der Waals surface area contributed by atoms with Crippen LogP contribution in [-0.4, -0.2) is 0 Å². The van der Waals surface area contributed by atoms with Gasteiger partial charge in [0.15, 0.2) is 0 Å². The minimum Gasteiger partial charge on any atom is -0.0842 e. The lowest BCUT2D eigenvalue weighted by Crippen LogP contribution is -1.90. The second-order valence-electron chi connectivity index (χ2n) is 3.54. The van der Waals surface area contributed by atoms with E-state index in [1.807, 2.05) is 0 Å². The molecule has 0 saturated heterocycles.